The Morgan fingerprint density at radius 3 is 2.82 bits per heavy atom. The van der Waals surface area contributed by atoms with Crippen LogP contribution >= 0.6 is 0 Å². The van der Waals surface area contributed by atoms with Gasteiger partial charge >= 0.3 is 0 Å². The lowest BCUT2D eigenvalue weighted by molar-refractivity contribution is -0.0191. The van der Waals surface area contributed by atoms with Crippen LogP contribution in [0.4, 0.5) is 0 Å². The number of aromatic hydroxyl groups is 1. The zero-order valence-electron chi connectivity index (χ0n) is 13.7. The summed E-state index contributed by atoms with van der Waals surface area (Å²) in [6.07, 6.45) is 2.57. The first-order chi connectivity index (χ1) is 10.5. The third-order valence-corrected chi connectivity index (χ3v) is 5.16. The number of rotatable bonds is 3. The quantitative estimate of drug-likeness (QED) is 0.901. The maximum absolute atomic E-state index is 10.6. The largest absolute Gasteiger partial charge is 0.504 e. The predicted molar refractivity (Wildman–Crippen MR) is 86.2 cm³/mol. The molecule has 0 radical (unpaired) electrons. The summed E-state index contributed by atoms with van der Waals surface area (Å²) in [5.74, 6) is 1.73. The molecule has 0 amide bonds. The Bertz CT molecular complexity index is 543. The number of benzene rings is 1. The molecule has 1 fully saturated rings. The number of piperidine rings is 1. The third-order valence-electron chi connectivity index (χ3n) is 5.16. The molecule has 1 aromatic carbocycles. The van der Waals surface area contributed by atoms with Crippen molar-refractivity contribution in [2.45, 2.75) is 45.3 Å². The van der Waals surface area contributed by atoms with E-state index in [9.17, 15) is 10.2 Å². The molecule has 1 aromatic rings. The Morgan fingerprint density at radius 1 is 1.36 bits per heavy atom. The number of phenols is 1. The van der Waals surface area contributed by atoms with Crippen LogP contribution in [0.1, 0.15) is 43.9 Å². The Labute approximate surface area is 132 Å². The lowest BCUT2D eigenvalue weighted by Gasteiger charge is -2.46. The molecule has 3 atom stereocenters. The normalized spacial score (nSPS) is 28.3. The van der Waals surface area contributed by atoms with Gasteiger partial charge in [0.25, 0.3) is 0 Å². The fraction of sp³-hybridized carbons (Fsp3) is 0.667. The molecule has 0 saturated carbocycles. The average molecular weight is 305 g/mol. The Hall–Kier alpha value is -1.26. The third kappa shape index (κ3) is 2.82. The van der Waals surface area contributed by atoms with Gasteiger partial charge in [0.15, 0.2) is 11.5 Å². The summed E-state index contributed by atoms with van der Waals surface area (Å²) in [4.78, 5) is 2.50. The molecule has 0 bridgehead atoms. The van der Waals surface area contributed by atoms with Gasteiger partial charge < -0.3 is 14.9 Å². The van der Waals surface area contributed by atoms with E-state index in [1.807, 2.05) is 12.1 Å². The molecular formula is C18H27NO3. The van der Waals surface area contributed by atoms with Gasteiger partial charge in [-0.25, -0.2) is 0 Å². The minimum atomic E-state index is -0.241. The van der Waals surface area contributed by atoms with E-state index in [0.717, 1.165) is 32.4 Å². The minimum Gasteiger partial charge on any atom is -0.504 e. The van der Waals surface area contributed by atoms with Crippen LogP contribution in [-0.2, 0) is 6.42 Å². The van der Waals surface area contributed by atoms with Crippen molar-refractivity contribution >= 4 is 0 Å². The van der Waals surface area contributed by atoms with Gasteiger partial charge in [0.1, 0.15) is 0 Å². The summed E-state index contributed by atoms with van der Waals surface area (Å²) >= 11 is 0. The molecule has 1 unspecified atom stereocenters. The molecule has 2 heterocycles. The molecule has 0 aromatic heterocycles. The number of nitrogens with zero attached hydrogens (tertiary/aromatic N) is 1. The van der Waals surface area contributed by atoms with Crippen molar-refractivity contribution in [2.75, 3.05) is 20.2 Å². The molecule has 1 saturated heterocycles. The second-order valence-corrected chi connectivity index (χ2v) is 7.18. The van der Waals surface area contributed by atoms with E-state index >= 15 is 0 Å². The van der Waals surface area contributed by atoms with E-state index < -0.39 is 0 Å². The van der Waals surface area contributed by atoms with Gasteiger partial charge in [-0.05, 0) is 54.4 Å². The van der Waals surface area contributed by atoms with Crippen LogP contribution in [0, 0.1) is 11.8 Å². The van der Waals surface area contributed by atoms with E-state index in [0.29, 0.717) is 17.6 Å². The van der Waals surface area contributed by atoms with Gasteiger partial charge in [-0.2, -0.15) is 0 Å². The average Bonchev–Trinajstić information content (AvgIpc) is 2.47. The van der Waals surface area contributed by atoms with Crippen molar-refractivity contribution in [3.63, 3.8) is 0 Å². The van der Waals surface area contributed by atoms with E-state index in [2.05, 4.69) is 18.7 Å². The van der Waals surface area contributed by atoms with Crippen LogP contribution in [-0.4, -0.2) is 41.4 Å². The molecule has 122 valence electrons. The molecular weight excluding hydrogens is 278 g/mol. The van der Waals surface area contributed by atoms with Gasteiger partial charge in [-0.15, -0.1) is 0 Å². The van der Waals surface area contributed by atoms with Crippen LogP contribution in [0.5, 0.6) is 11.5 Å². The smallest absolute Gasteiger partial charge is 0.160 e. The first kappa shape index (κ1) is 15.6. The van der Waals surface area contributed by atoms with Crippen molar-refractivity contribution in [1.82, 2.24) is 4.90 Å². The highest BCUT2D eigenvalue weighted by molar-refractivity contribution is 5.48. The summed E-state index contributed by atoms with van der Waals surface area (Å²) in [5, 5.41) is 20.5. The van der Waals surface area contributed by atoms with E-state index in [-0.39, 0.29) is 17.9 Å². The zero-order valence-corrected chi connectivity index (χ0v) is 13.7. The second-order valence-electron chi connectivity index (χ2n) is 7.18. The second kappa shape index (κ2) is 6.09. The van der Waals surface area contributed by atoms with Gasteiger partial charge in [0.2, 0.25) is 0 Å². The SMILES string of the molecule is COc1cc2c(cc1O)CCN1CC(CC(C)C)[C@@H](O)C[C@H]21. The van der Waals surface area contributed by atoms with Crippen molar-refractivity contribution < 1.29 is 14.9 Å². The summed E-state index contributed by atoms with van der Waals surface area (Å²) in [5.41, 5.74) is 2.40. The number of aliphatic hydroxyl groups excluding tert-OH is 1. The first-order valence-electron chi connectivity index (χ1n) is 8.31. The number of phenolic OH excluding ortho intramolecular Hbond substituents is 1. The lowest BCUT2D eigenvalue weighted by atomic mass is 9.79. The van der Waals surface area contributed by atoms with Gasteiger partial charge in [-0.1, -0.05) is 13.8 Å². The Balaban J connectivity index is 1.86. The highest BCUT2D eigenvalue weighted by Gasteiger charge is 2.38. The predicted octanol–water partition coefficient (Wildman–Crippen LogP) is 2.73. The highest BCUT2D eigenvalue weighted by Crippen LogP contribution is 2.43. The van der Waals surface area contributed by atoms with E-state index in [1.54, 1.807) is 7.11 Å². The summed E-state index contributed by atoms with van der Waals surface area (Å²) in [7, 11) is 1.58. The molecule has 2 aliphatic rings. The van der Waals surface area contributed by atoms with E-state index in [1.165, 1.54) is 11.1 Å². The maximum Gasteiger partial charge on any atom is 0.160 e. The maximum atomic E-state index is 10.6. The molecule has 2 N–H and O–H groups in total. The number of aliphatic hydroxyl groups is 1. The first-order valence-corrected chi connectivity index (χ1v) is 8.31. The molecule has 22 heavy (non-hydrogen) atoms. The fourth-order valence-electron chi connectivity index (χ4n) is 4.11. The highest BCUT2D eigenvalue weighted by atomic mass is 16.5. The number of hydrogen-bond donors (Lipinski definition) is 2. The van der Waals surface area contributed by atoms with Crippen LogP contribution in [0.2, 0.25) is 0 Å². The van der Waals surface area contributed by atoms with Crippen LogP contribution in [0.15, 0.2) is 12.1 Å². The zero-order chi connectivity index (χ0) is 15.9. The Kier molecular flexibility index (Phi) is 4.33. The number of methoxy groups -OCH3 is 1. The topological polar surface area (TPSA) is 52.9 Å². The number of hydrogen-bond acceptors (Lipinski definition) is 4. The molecule has 0 spiro atoms. The Morgan fingerprint density at radius 2 is 2.14 bits per heavy atom. The molecule has 3 rings (SSSR count). The summed E-state index contributed by atoms with van der Waals surface area (Å²) in [6.45, 7) is 6.41. The van der Waals surface area contributed by atoms with E-state index in [4.69, 9.17) is 4.74 Å². The van der Waals surface area contributed by atoms with Crippen LogP contribution in [0.3, 0.4) is 0 Å². The van der Waals surface area contributed by atoms with Crippen molar-refractivity contribution in [1.29, 1.82) is 0 Å². The van der Waals surface area contributed by atoms with Crippen LogP contribution < -0.4 is 4.74 Å². The van der Waals surface area contributed by atoms with Gasteiger partial charge in [0, 0.05) is 19.1 Å². The molecule has 0 aliphatic carbocycles. The molecule has 4 heteroatoms. The minimum absolute atomic E-state index is 0.212. The van der Waals surface area contributed by atoms with Crippen LogP contribution in [0.25, 0.3) is 0 Å². The number of fused-ring (bicyclic) bond motifs is 3. The van der Waals surface area contributed by atoms with Gasteiger partial charge in [-0.3, -0.25) is 4.90 Å². The van der Waals surface area contributed by atoms with Crippen molar-refractivity contribution in [3.05, 3.63) is 23.3 Å². The van der Waals surface area contributed by atoms with Crippen molar-refractivity contribution in [2.24, 2.45) is 11.8 Å². The lowest BCUT2D eigenvalue weighted by Crippen LogP contribution is -2.48. The number of ether oxygens (including phenoxy) is 1. The molecule has 4 nitrogen and oxygen atoms in total. The van der Waals surface area contributed by atoms with Gasteiger partial charge in [0.05, 0.1) is 13.2 Å². The standard InChI is InChI=1S/C18H27NO3/c1-11(2)6-13-10-19-5-4-12-7-17(21)18(22-3)8-14(12)15(19)9-16(13)20/h7-8,11,13,15-16,20-21H,4-6,9-10H2,1-3H3/t13?,15-,16+/m1/s1. The summed E-state index contributed by atoms with van der Waals surface area (Å²) in [6, 6.07) is 4.03. The monoisotopic (exact) mass is 305 g/mol. The molecule has 2 aliphatic heterocycles. The fourth-order valence-corrected chi connectivity index (χ4v) is 4.11. The summed E-state index contributed by atoms with van der Waals surface area (Å²) < 4.78 is 5.26. The van der Waals surface area contributed by atoms with Crippen molar-refractivity contribution in [3.8, 4) is 11.5 Å².